The van der Waals surface area contributed by atoms with E-state index in [4.69, 9.17) is 11.5 Å². The second kappa shape index (κ2) is 11.1. The number of nitrogen functional groups attached to an aromatic ring is 1. The highest BCUT2D eigenvalue weighted by atomic mass is 16.2. The average molecular weight is 445 g/mol. The molecule has 8 heteroatoms. The summed E-state index contributed by atoms with van der Waals surface area (Å²) in [5.41, 5.74) is 13.3. The zero-order valence-corrected chi connectivity index (χ0v) is 19.7. The molecule has 1 saturated carbocycles. The van der Waals surface area contributed by atoms with E-state index in [1.165, 1.54) is 0 Å². The quantitative estimate of drug-likeness (QED) is 0.450. The minimum atomic E-state index is -0.510. The van der Waals surface area contributed by atoms with Gasteiger partial charge in [0.2, 0.25) is 11.8 Å². The van der Waals surface area contributed by atoms with Crippen LogP contribution in [0.4, 0.5) is 5.82 Å². The molecule has 0 aromatic carbocycles. The van der Waals surface area contributed by atoms with Crippen LogP contribution in [0.1, 0.15) is 57.9 Å². The Hall–Kier alpha value is -2.19. The Morgan fingerprint density at radius 3 is 2.72 bits per heavy atom. The van der Waals surface area contributed by atoms with Crippen molar-refractivity contribution in [2.75, 3.05) is 38.5 Å². The highest BCUT2D eigenvalue weighted by Crippen LogP contribution is 2.52. The van der Waals surface area contributed by atoms with Crippen LogP contribution in [-0.4, -0.2) is 71.4 Å². The van der Waals surface area contributed by atoms with Gasteiger partial charge in [-0.05, 0) is 70.5 Å². The number of rotatable bonds is 12. The number of aromatic nitrogens is 1. The standard InChI is InChI=1S/C24H40N6O2/c1-3-30(4-2)21(31)11-7-15-29-16-20(24(17-29)12-13-24)28-23(32)19(25)10-5-8-18-9-6-14-27-22(18)26/h6,9,14,19-20H,3-5,7-8,10-13,15-17,25H2,1-2H3,(H2,26,27)(H,28,32)/t19-,20-/m0/s1. The highest BCUT2D eigenvalue weighted by molar-refractivity contribution is 5.82. The molecule has 0 radical (unpaired) electrons. The fourth-order valence-electron chi connectivity index (χ4n) is 4.88. The van der Waals surface area contributed by atoms with Gasteiger partial charge in [-0.15, -0.1) is 0 Å². The van der Waals surface area contributed by atoms with Crippen LogP contribution < -0.4 is 16.8 Å². The van der Waals surface area contributed by atoms with Crippen molar-refractivity contribution >= 4 is 17.6 Å². The van der Waals surface area contributed by atoms with Gasteiger partial charge in [0.1, 0.15) is 5.82 Å². The highest BCUT2D eigenvalue weighted by Gasteiger charge is 2.55. The van der Waals surface area contributed by atoms with E-state index in [0.717, 1.165) is 70.4 Å². The lowest BCUT2D eigenvalue weighted by molar-refractivity contribution is -0.131. The number of nitrogens with zero attached hydrogens (tertiary/aromatic N) is 3. The lowest BCUT2D eigenvalue weighted by Gasteiger charge is -2.21. The first-order valence-corrected chi connectivity index (χ1v) is 12.1. The normalized spacial score (nSPS) is 20.3. The van der Waals surface area contributed by atoms with E-state index < -0.39 is 6.04 Å². The largest absolute Gasteiger partial charge is 0.383 e. The van der Waals surface area contributed by atoms with Crippen molar-refractivity contribution < 1.29 is 9.59 Å². The summed E-state index contributed by atoms with van der Waals surface area (Å²) >= 11 is 0. The minimum absolute atomic E-state index is 0.0565. The smallest absolute Gasteiger partial charge is 0.237 e. The lowest BCUT2D eigenvalue weighted by atomic mass is 9.99. The molecule has 0 bridgehead atoms. The first kappa shape index (κ1) is 24.5. The molecule has 2 fully saturated rings. The summed E-state index contributed by atoms with van der Waals surface area (Å²) in [6.07, 6.45) is 7.64. The number of hydrogen-bond acceptors (Lipinski definition) is 6. The van der Waals surface area contributed by atoms with Crippen LogP contribution >= 0.6 is 0 Å². The molecule has 1 saturated heterocycles. The Kier molecular flexibility index (Phi) is 8.48. The van der Waals surface area contributed by atoms with Gasteiger partial charge in [0.15, 0.2) is 0 Å². The molecule has 2 amide bonds. The molecule has 1 aliphatic heterocycles. The van der Waals surface area contributed by atoms with Crippen molar-refractivity contribution in [3.05, 3.63) is 23.9 Å². The Balaban J connectivity index is 1.40. The maximum atomic E-state index is 12.7. The number of nitrogens with two attached hydrogens (primary N) is 2. The third-order valence-corrected chi connectivity index (χ3v) is 7.13. The van der Waals surface area contributed by atoms with E-state index in [1.807, 2.05) is 30.9 Å². The van der Waals surface area contributed by atoms with Crippen LogP contribution in [0.25, 0.3) is 0 Å². The number of amides is 2. The van der Waals surface area contributed by atoms with E-state index in [-0.39, 0.29) is 23.3 Å². The zero-order valence-electron chi connectivity index (χ0n) is 19.7. The molecule has 5 N–H and O–H groups in total. The van der Waals surface area contributed by atoms with Crippen molar-refractivity contribution in [1.82, 2.24) is 20.1 Å². The van der Waals surface area contributed by atoms with Gasteiger partial charge in [0.05, 0.1) is 6.04 Å². The number of carbonyl (C=O) groups is 2. The van der Waals surface area contributed by atoms with Gasteiger partial charge in [-0.2, -0.15) is 0 Å². The molecule has 32 heavy (non-hydrogen) atoms. The van der Waals surface area contributed by atoms with Crippen LogP contribution in [0.3, 0.4) is 0 Å². The number of anilines is 1. The van der Waals surface area contributed by atoms with E-state index in [1.54, 1.807) is 6.20 Å². The number of pyridine rings is 1. The number of aryl methyl sites for hydroxylation is 1. The number of carbonyl (C=O) groups excluding carboxylic acids is 2. The van der Waals surface area contributed by atoms with E-state index in [0.29, 0.717) is 18.7 Å². The molecule has 2 aliphatic rings. The van der Waals surface area contributed by atoms with Crippen molar-refractivity contribution in [2.24, 2.45) is 11.1 Å². The van der Waals surface area contributed by atoms with Crippen LogP contribution in [-0.2, 0) is 16.0 Å². The Morgan fingerprint density at radius 2 is 2.06 bits per heavy atom. The van der Waals surface area contributed by atoms with Crippen LogP contribution in [0.2, 0.25) is 0 Å². The minimum Gasteiger partial charge on any atom is -0.383 e. The first-order valence-electron chi connectivity index (χ1n) is 12.1. The van der Waals surface area contributed by atoms with Crippen molar-refractivity contribution in [1.29, 1.82) is 0 Å². The molecular formula is C24H40N6O2. The van der Waals surface area contributed by atoms with Gasteiger partial charge < -0.3 is 26.6 Å². The predicted octanol–water partition coefficient (Wildman–Crippen LogP) is 1.54. The summed E-state index contributed by atoms with van der Waals surface area (Å²) in [4.78, 5) is 33.4. The van der Waals surface area contributed by atoms with Gasteiger partial charge in [0.25, 0.3) is 0 Å². The fraction of sp³-hybridized carbons (Fsp3) is 0.708. The second-order valence-electron chi connectivity index (χ2n) is 9.37. The molecule has 1 aliphatic carbocycles. The molecule has 2 atom stereocenters. The molecule has 1 aromatic rings. The second-order valence-corrected chi connectivity index (χ2v) is 9.37. The fourth-order valence-corrected chi connectivity index (χ4v) is 4.88. The van der Waals surface area contributed by atoms with Crippen molar-refractivity contribution in [2.45, 2.75) is 70.9 Å². The summed E-state index contributed by atoms with van der Waals surface area (Å²) in [7, 11) is 0. The number of likely N-dealkylation sites (tertiary alicyclic amines) is 1. The monoisotopic (exact) mass is 444 g/mol. The summed E-state index contributed by atoms with van der Waals surface area (Å²) in [6.45, 7) is 8.34. The Morgan fingerprint density at radius 1 is 1.31 bits per heavy atom. The molecule has 0 unspecified atom stereocenters. The number of nitrogens with one attached hydrogen (secondary N) is 1. The van der Waals surface area contributed by atoms with E-state index in [2.05, 4.69) is 15.2 Å². The molecule has 3 rings (SSSR count). The van der Waals surface area contributed by atoms with Gasteiger partial charge in [0, 0.05) is 50.3 Å². The summed E-state index contributed by atoms with van der Waals surface area (Å²) < 4.78 is 0. The summed E-state index contributed by atoms with van der Waals surface area (Å²) in [5, 5.41) is 3.24. The maximum Gasteiger partial charge on any atom is 0.237 e. The number of hydrogen-bond donors (Lipinski definition) is 3. The van der Waals surface area contributed by atoms with Gasteiger partial charge in [-0.3, -0.25) is 9.59 Å². The van der Waals surface area contributed by atoms with Crippen molar-refractivity contribution in [3.8, 4) is 0 Å². The molecule has 1 aromatic heterocycles. The Bertz CT molecular complexity index is 778. The third-order valence-electron chi connectivity index (χ3n) is 7.13. The molecule has 1 spiro atoms. The van der Waals surface area contributed by atoms with Crippen LogP contribution in [0.15, 0.2) is 18.3 Å². The van der Waals surface area contributed by atoms with Gasteiger partial charge in [-0.25, -0.2) is 4.98 Å². The zero-order chi connectivity index (χ0) is 23.1. The Labute approximate surface area is 192 Å². The molecule has 8 nitrogen and oxygen atoms in total. The molecule has 2 heterocycles. The molecular weight excluding hydrogens is 404 g/mol. The summed E-state index contributed by atoms with van der Waals surface area (Å²) in [6, 6.07) is 3.49. The lowest BCUT2D eigenvalue weighted by Crippen LogP contribution is -2.48. The maximum absolute atomic E-state index is 12.7. The topological polar surface area (TPSA) is 118 Å². The first-order chi connectivity index (χ1) is 15.4. The van der Waals surface area contributed by atoms with Crippen molar-refractivity contribution in [3.63, 3.8) is 0 Å². The van der Waals surface area contributed by atoms with E-state index >= 15 is 0 Å². The SMILES string of the molecule is CCN(CC)C(=O)CCCN1C[C@H](NC(=O)[C@@H](N)CCCc2cccnc2N)C2(CC2)C1. The van der Waals surface area contributed by atoms with E-state index in [9.17, 15) is 9.59 Å². The van der Waals surface area contributed by atoms with Gasteiger partial charge in [-0.1, -0.05) is 6.07 Å². The third kappa shape index (κ3) is 6.19. The average Bonchev–Trinajstić information content (AvgIpc) is 3.47. The molecule has 178 valence electrons. The van der Waals surface area contributed by atoms with Crippen LogP contribution in [0.5, 0.6) is 0 Å². The van der Waals surface area contributed by atoms with Crippen LogP contribution in [0, 0.1) is 5.41 Å². The van der Waals surface area contributed by atoms with Gasteiger partial charge >= 0.3 is 0 Å². The summed E-state index contributed by atoms with van der Waals surface area (Å²) in [5.74, 6) is 0.726. The predicted molar refractivity (Wildman–Crippen MR) is 127 cm³/mol.